The lowest BCUT2D eigenvalue weighted by Gasteiger charge is -2.37. The monoisotopic (exact) mass is 475 g/mol. The first-order valence-electron chi connectivity index (χ1n) is 13.4. The Morgan fingerprint density at radius 2 is 2.03 bits per heavy atom. The molecular weight excluding hydrogens is 430 g/mol. The molecule has 1 N–H and O–H groups in total. The first kappa shape index (κ1) is 27.0. The summed E-state index contributed by atoms with van der Waals surface area (Å²) in [4.78, 5) is 5.30. The van der Waals surface area contributed by atoms with Crippen molar-refractivity contribution >= 4 is 5.71 Å². The van der Waals surface area contributed by atoms with Crippen molar-refractivity contribution < 1.29 is 4.74 Å². The average molecular weight is 476 g/mol. The third-order valence-corrected chi connectivity index (χ3v) is 7.38. The molecule has 0 saturated carbocycles. The molecule has 0 spiro atoms. The Kier molecular flexibility index (Phi) is 9.97. The van der Waals surface area contributed by atoms with Crippen LogP contribution in [0.4, 0.5) is 0 Å². The van der Waals surface area contributed by atoms with E-state index >= 15 is 0 Å². The van der Waals surface area contributed by atoms with Crippen molar-refractivity contribution in [2.75, 3.05) is 19.8 Å². The van der Waals surface area contributed by atoms with E-state index in [1.807, 2.05) is 6.92 Å². The van der Waals surface area contributed by atoms with Crippen LogP contribution in [0.2, 0.25) is 0 Å². The molecule has 0 unspecified atom stereocenters. The molecule has 4 nitrogen and oxygen atoms in total. The number of aliphatic imine (C=N–C) groups is 1. The highest BCUT2D eigenvalue weighted by molar-refractivity contribution is 6.13. The molecule has 35 heavy (non-hydrogen) atoms. The van der Waals surface area contributed by atoms with E-state index in [0.717, 1.165) is 62.2 Å². The van der Waals surface area contributed by atoms with Gasteiger partial charge in [-0.25, -0.2) is 4.99 Å². The summed E-state index contributed by atoms with van der Waals surface area (Å²) in [5, 5.41) is 2.25. The highest BCUT2D eigenvalue weighted by Crippen LogP contribution is 2.42. The normalized spacial score (nSPS) is 29.4. The van der Waals surface area contributed by atoms with Crippen molar-refractivity contribution in [2.45, 2.75) is 79.6 Å². The van der Waals surface area contributed by atoms with Crippen molar-refractivity contribution in [1.82, 2.24) is 10.4 Å². The predicted molar refractivity (Wildman–Crippen MR) is 150 cm³/mol. The quantitative estimate of drug-likeness (QED) is 0.302. The minimum Gasteiger partial charge on any atom is -0.376 e. The second kappa shape index (κ2) is 12.9. The van der Waals surface area contributed by atoms with Crippen LogP contribution in [0, 0.1) is 5.41 Å². The molecule has 1 aliphatic carbocycles. The van der Waals surface area contributed by atoms with Gasteiger partial charge in [-0.1, -0.05) is 51.0 Å². The lowest BCUT2D eigenvalue weighted by molar-refractivity contribution is 0.0793. The zero-order valence-corrected chi connectivity index (χ0v) is 22.6. The van der Waals surface area contributed by atoms with Gasteiger partial charge in [0.15, 0.2) is 0 Å². The maximum absolute atomic E-state index is 6.09. The fourth-order valence-corrected chi connectivity index (χ4v) is 5.06. The Hall–Kier alpha value is -2.59. The molecule has 0 aromatic heterocycles. The topological polar surface area (TPSA) is 36.9 Å². The van der Waals surface area contributed by atoms with E-state index in [2.05, 4.69) is 87.5 Å². The number of unbranched alkanes of at least 4 members (excludes halogenated alkanes) is 2. The number of hydrazine groups is 1. The molecule has 4 heteroatoms. The summed E-state index contributed by atoms with van der Waals surface area (Å²) in [6.45, 7) is 17.5. The number of nitrogens with zero attached hydrogens (tertiary/aromatic N) is 2. The van der Waals surface area contributed by atoms with E-state index in [9.17, 15) is 0 Å². The van der Waals surface area contributed by atoms with Crippen LogP contribution in [0.3, 0.4) is 0 Å². The zero-order valence-electron chi connectivity index (χ0n) is 22.6. The summed E-state index contributed by atoms with van der Waals surface area (Å²) in [6.07, 6.45) is 22.8. The summed E-state index contributed by atoms with van der Waals surface area (Å²) in [5.41, 5.74) is 11.9. The average Bonchev–Trinajstić information content (AvgIpc) is 2.97. The van der Waals surface area contributed by atoms with E-state index in [4.69, 9.17) is 9.73 Å². The number of nitrogens with one attached hydrogen (secondary N) is 1. The van der Waals surface area contributed by atoms with Crippen molar-refractivity contribution in [1.29, 1.82) is 0 Å². The largest absolute Gasteiger partial charge is 0.376 e. The van der Waals surface area contributed by atoms with E-state index in [1.165, 1.54) is 35.1 Å². The second-order valence-corrected chi connectivity index (χ2v) is 9.95. The Labute approximate surface area is 213 Å². The van der Waals surface area contributed by atoms with Gasteiger partial charge in [0.05, 0.1) is 24.6 Å². The Bertz CT molecular complexity index is 989. The maximum atomic E-state index is 6.09. The summed E-state index contributed by atoms with van der Waals surface area (Å²) in [7, 11) is 0. The van der Waals surface area contributed by atoms with E-state index in [0.29, 0.717) is 6.61 Å². The molecule has 190 valence electrons. The Morgan fingerprint density at radius 3 is 2.74 bits per heavy atom. The van der Waals surface area contributed by atoms with Crippen LogP contribution in [0.1, 0.15) is 79.6 Å². The fourth-order valence-electron chi connectivity index (χ4n) is 5.06. The molecule has 0 amide bonds. The molecule has 3 aliphatic rings. The van der Waals surface area contributed by atoms with Crippen LogP contribution in [0.15, 0.2) is 87.9 Å². The molecule has 0 saturated heterocycles. The predicted octanol–water partition coefficient (Wildman–Crippen LogP) is 7.72. The third kappa shape index (κ3) is 6.55. The van der Waals surface area contributed by atoms with Gasteiger partial charge in [-0.15, -0.1) is 6.58 Å². The molecule has 3 rings (SSSR count). The highest BCUT2D eigenvalue weighted by Gasteiger charge is 2.35. The Balaban J connectivity index is 2.17. The summed E-state index contributed by atoms with van der Waals surface area (Å²) in [5.74, 6) is 0. The van der Waals surface area contributed by atoms with Crippen LogP contribution >= 0.6 is 0 Å². The van der Waals surface area contributed by atoms with Crippen LogP contribution in [-0.4, -0.2) is 30.5 Å². The smallest absolute Gasteiger partial charge is 0.0713 e. The molecular formula is C31H45N3O. The van der Waals surface area contributed by atoms with Crippen molar-refractivity contribution in [3.8, 4) is 0 Å². The molecule has 0 bridgehead atoms. The van der Waals surface area contributed by atoms with Gasteiger partial charge in [-0.05, 0) is 86.8 Å². The van der Waals surface area contributed by atoms with Gasteiger partial charge in [0.25, 0.3) is 0 Å². The van der Waals surface area contributed by atoms with Gasteiger partial charge in [0.2, 0.25) is 0 Å². The van der Waals surface area contributed by atoms with Crippen LogP contribution in [0.25, 0.3) is 0 Å². The van der Waals surface area contributed by atoms with Gasteiger partial charge in [0.1, 0.15) is 0 Å². The zero-order chi connectivity index (χ0) is 25.3. The minimum absolute atomic E-state index is 0.130. The standard InChI is InChI=1S/C31H45N3O/c1-7-11-13-18-34-21-26-15-14-16-27-22-35-23-31(9-3,10-4)28(27)19-24(5)30(26)33-29(17-12-8-2)25(6)20-32-34/h8-9,12,17,19-21,32H,3,7,10-11,13-16,18,22-23H2,1-2,4-6H3/b12-8-,24-19+,25-20+,26-21+,29-17+,33-30?/t31-/m0/s1. The molecule has 1 atom stereocenters. The van der Waals surface area contributed by atoms with Crippen molar-refractivity contribution in [3.05, 3.63) is 82.9 Å². The molecule has 0 aromatic carbocycles. The van der Waals surface area contributed by atoms with Crippen LogP contribution in [-0.2, 0) is 4.74 Å². The lowest BCUT2D eigenvalue weighted by atomic mass is 9.73. The summed E-state index contributed by atoms with van der Waals surface area (Å²) < 4.78 is 6.09. The van der Waals surface area contributed by atoms with Crippen molar-refractivity contribution in [2.24, 2.45) is 10.4 Å². The first-order valence-corrected chi connectivity index (χ1v) is 13.4. The number of ether oxygens (including phenoxy) is 1. The molecule has 0 fully saturated rings. The van der Waals surface area contributed by atoms with E-state index < -0.39 is 0 Å². The molecule has 2 aliphatic heterocycles. The SMILES string of the molecule is C=C[C@]1(CC)COCC2=C1/C=C(\C)C1=NC(=C/C=C\C)/C(C)=C/NN(CCCCC)/C=C/1CCC2. The minimum atomic E-state index is -0.130. The highest BCUT2D eigenvalue weighted by atomic mass is 16.5. The van der Waals surface area contributed by atoms with Gasteiger partial charge in [0, 0.05) is 24.4 Å². The van der Waals surface area contributed by atoms with E-state index in [1.54, 1.807) is 0 Å². The number of rotatable bonds is 7. The number of hydrogen-bond donors (Lipinski definition) is 1. The van der Waals surface area contributed by atoms with Gasteiger partial charge >= 0.3 is 0 Å². The maximum Gasteiger partial charge on any atom is 0.0713 e. The van der Waals surface area contributed by atoms with Gasteiger partial charge < -0.3 is 10.2 Å². The Morgan fingerprint density at radius 1 is 1.20 bits per heavy atom. The lowest BCUT2D eigenvalue weighted by Crippen LogP contribution is -2.32. The van der Waals surface area contributed by atoms with Gasteiger partial charge in [-0.3, -0.25) is 5.01 Å². The second-order valence-electron chi connectivity index (χ2n) is 9.95. The number of hydrogen-bond acceptors (Lipinski definition) is 4. The molecule has 2 heterocycles. The van der Waals surface area contributed by atoms with Crippen LogP contribution in [0.5, 0.6) is 0 Å². The van der Waals surface area contributed by atoms with E-state index in [-0.39, 0.29) is 5.41 Å². The first-order chi connectivity index (χ1) is 17.0. The summed E-state index contributed by atoms with van der Waals surface area (Å²) >= 11 is 0. The van der Waals surface area contributed by atoms with Gasteiger partial charge in [-0.2, -0.15) is 0 Å². The third-order valence-electron chi connectivity index (χ3n) is 7.38. The van der Waals surface area contributed by atoms with Crippen molar-refractivity contribution in [3.63, 3.8) is 0 Å². The number of allylic oxidation sites excluding steroid dienone is 7. The summed E-state index contributed by atoms with van der Waals surface area (Å²) in [6, 6.07) is 0. The van der Waals surface area contributed by atoms with Crippen LogP contribution < -0.4 is 5.43 Å². The number of fused-ring (bicyclic) bond motifs is 1. The molecule has 0 radical (unpaired) electrons. The molecule has 0 aromatic rings. The fraction of sp³-hybridized carbons (Fsp3) is 0.516.